The van der Waals surface area contributed by atoms with E-state index in [2.05, 4.69) is 10.3 Å². The number of benzene rings is 1. The molecule has 1 aromatic heterocycles. The second kappa shape index (κ2) is 5.50. The van der Waals surface area contributed by atoms with Crippen LogP contribution in [0.2, 0.25) is 0 Å². The molecule has 0 radical (unpaired) electrons. The van der Waals surface area contributed by atoms with Crippen molar-refractivity contribution in [3.63, 3.8) is 0 Å². The van der Waals surface area contributed by atoms with Gasteiger partial charge in [-0.3, -0.25) is 0 Å². The van der Waals surface area contributed by atoms with Crippen molar-refractivity contribution in [3.8, 4) is 5.75 Å². The highest BCUT2D eigenvalue weighted by atomic mass is 16.3. The summed E-state index contributed by atoms with van der Waals surface area (Å²) in [5, 5.41) is 13.1. The number of nitrogens with zero attached hydrogens (tertiary/aromatic N) is 2. The molecule has 0 aliphatic carbocycles. The number of nitrogens with one attached hydrogen (secondary N) is 1. The second-order valence-electron chi connectivity index (χ2n) is 4.04. The van der Waals surface area contributed by atoms with Gasteiger partial charge in [0, 0.05) is 37.1 Å². The highest BCUT2D eigenvalue weighted by molar-refractivity contribution is 5.34. The molecule has 0 spiro atoms. The van der Waals surface area contributed by atoms with Gasteiger partial charge in [0.05, 0.1) is 6.33 Å². The predicted molar refractivity (Wildman–Crippen MR) is 66.8 cm³/mol. The zero-order chi connectivity index (χ0) is 12.1. The number of hydrogen-bond acceptors (Lipinski definition) is 3. The highest BCUT2D eigenvalue weighted by Crippen LogP contribution is 2.22. The molecule has 4 nitrogen and oxygen atoms in total. The summed E-state index contributed by atoms with van der Waals surface area (Å²) in [7, 11) is 0. The zero-order valence-corrected chi connectivity index (χ0v) is 9.87. The highest BCUT2D eigenvalue weighted by Gasteiger charge is 2.08. The molecular weight excluding hydrogens is 214 g/mol. The lowest BCUT2D eigenvalue weighted by Gasteiger charge is -2.15. The summed E-state index contributed by atoms with van der Waals surface area (Å²) in [5.41, 5.74) is 0.929. The van der Waals surface area contributed by atoms with E-state index in [0.717, 1.165) is 18.7 Å². The number of aromatic hydroxyl groups is 1. The Bertz CT molecular complexity index is 453. The molecule has 1 atom stereocenters. The van der Waals surface area contributed by atoms with Crippen molar-refractivity contribution in [2.75, 3.05) is 6.54 Å². The monoisotopic (exact) mass is 231 g/mol. The van der Waals surface area contributed by atoms with Crippen LogP contribution in [0.15, 0.2) is 43.0 Å². The quantitative estimate of drug-likeness (QED) is 0.826. The van der Waals surface area contributed by atoms with Crippen LogP contribution in [-0.2, 0) is 6.54 Å². The summed E-state index contributed by atoms with van der Waals surface area (Å²) in [5.74, 6) is 0.343. The fourth-order valence-electron chi connectivity index (χ4n) is 1.79. The largest absolute Gasteiger partial charge is 0.508 e. The van der Waals surface area contributed by atoms with Crippen molar-refractivity contribution in [2.45, 2.75) is 19.5 Å². The Morgan fingerprint density at radius 1 is 1.41 bits per heavy atom. The van der Waals surface area contributed by atoms with Gasteiger partial charge in [0.2, 0.25) is 0 Å². The first-order valence-corrected chi connectivity index (χ1v) is 5.74. The fourth-order valence-corrected chi connectivity index (χ4v) is 1.79. The minimum Gasteiger partial charge on any atom is -0.508 e. The van der Waals surface area contributed by atoms with Crippen LogP contribution in [0, 0.1) is 0 Å². The van der Waals surface area contributed by atoms with E-state index in [1.165, 1.54) is 0 Å². The molecule has 1 unspecified atom stereocenters. The number of phenolic OH excluding ortho intramolecular Hbond substituents is 1. The van der Waals surface area contributed by atoms with Crippen LogP contribution < -0.4 is 5.32 Å². The Balaban J connectivity index is 1.85. The Morgan fingerprint density at radius 3 is 2.94 bits per heavy atom. The lowest BCUT2D eigenvalue weighted by atomic mass is 10.1. The molecule has 0 amide bonds. The van der Waals surface area contributed by atoms with Crippen LogP contribution in [-0.4, -0.2) is 21.2 Å². The van der Waals surface area contributed by atoms with Crippen LogP contribution in [0.5, 0.6) is 5.75 Å². The van der Waals surface area contributed by atoms with Gasteiger partial charge >= 0.3 is 0 Å². The van der Waals surface area contributed by atoms with Crippen molar-refractivity contribution >= 4 is 0 Å². The first-order valence-electron chi connectivity index (χ1n) is 5.74. The summed E-state index contributed by atoms with van der Waals surface area (Å²) in [6, 6.07) is 7.55. The molecule has 90 valence electrons. The third-order valence-corrected chi connectivity index (χ3v) is 2.78. The summed E-state index contributed by atoms with van der Waals surface area (Å²) in [6.07, 6.45) is 5.51. The van der Waals surface area contributed by atoms with Gasteiger partial charge in [-0.15, -0.1) is 0 Å². The standard InChI is InChI=1S/C13H17N3O/c1-11(12-4-2-3-5-13(12)17)15-7-9-16-8-6-14-10-16/h2-6,8,10-11,15,17H,7,9H2,1H3. The van der Waals surface area contributed by atoms with Crippen LogP contribution in [0.25, 0.3) is 0 Å². The first kappa shape index (κ1) is 11.7. The van der Waals surface area contributed by atoms with E-state index in [9.17, 15) is 5.11 Å². The second-order valence-corrected chi connectivity index (χ2v) is 4.04. The molecule has 0 aliphatic heterocycles. The predicted octanol–water partition coefficient (Wildman–Crippen LogP) is 1.94. The number of hydrogen-bond donors (Lipinski definition) is 2. The van der Waals surface area contributed by atoms with Gasteiger partial charge in [0.25, 0.3) is 0 Å². The number of para-hydroxylation sites is 1. The van der Waals surface area contributed by atoms with Crippen LogP contribution in [0.4, 0.5) is 0 Å². The molecule has 0 saturated heterocycles. The van der Waals surface area contributed by atoms with E-state index in [1.54, 1.807) is 18.6 Å². The van der Waals surface area contributed by atoms with E-state index in [-0.39, 0.29) is 6.04 Å². The topological polar surface area (TPSA) is 50.1 Å². The molecule has 0 aliphatic rings. The molecule has 2 aromatic rings. The summed E-state index contributed by atoms with van der Waals surface area (Å²) < 4.78 is 2.02. The lowest BCUT2D eigenvalue weighted by molar-refractivity contribution is 0.449. The Morgan fingerprint density at radius 2 is 2.24 bits per heavy atom. The van der Waals surface area contributed by atoms with Gasteiger partial charge in [0.1, 0.15) is 5.75 Å². The normalized spacial score (nSPS) is 12.5. The van der Waals surface area contributed by atoms with E-state index in [4.69, 9.17) is 0 Å². The maximum absolute atomic E-state index is 9.71. The third kappa shape index (κ3) is 3.07. The molecule has 4 heteroatoms. The van der Waals surface area contributed by atoms with Gasteiger partial charge in [-0.25, -0.2) is 4.98 Å². The van der Waals surface area contributed by atoms with Gasteiger partial charge in [-0.05, 0) is 13.0 Å². The van der Waals surface area contributed by atoms with E-state index < -0.39 is 0 Å². The number of phenols is 1. The van der Waals surface area contributed by atoms with E-state index in [0.29, 0.717) is 5.75 Å². The Hall–Kier alpha value is -1.81. The number of rotatable bonds is 5. The van der Waals surface area contributed by atoms with Gasteiger partial charge in [0.15, 0.2) is 0 Å². The van der Waals surface area contributed by atoms with Gasteiger partial charge < -0.3 is 15.0 Å². The lowest BCUT2D eigenvalue weighted by Crippen LogP contribution is -2.23. The SMILES string of the molecule is CC(NCCn1ccnc1)c1ccccc1O. The van der Waals surface area contributed by atoms with Crippen molar-refractivity contribution < 1.29 is 5.11 Å². The molecule has 2 rings (SSSR count). The van der Waals surface area contributed by atoms with E-state index >= 15 is 0 Å². The number of imidazole rings is 1. The molecule has 17 heavy (non-hydrogen) atoms. The van der Waals surface area contributed by atoms with Crippen LogP contribution >= 0.6 is 0 Å². The molecule has 0 saturated carbocycles. The minimum absolute atomic E-state index is 0.139. The summed E-state index contributed by atoms with van der Waals surface area (Å²) in [6.45, 7) is 3.76. The maximum Gasteiger partial charge on any atom is 0.120 e. The Kier molecular flexibility index (Phi) is 3.77. The molecule has 0 fully saturated rings. The summed E-state index contributed by atoms with van der Waals surface area (Å²) >= 11 is 0. The first-order chi connectivity index (χ1) is 8.27. The van der Waals surface area contributed by atoms with Crippen molar-refractivity contribution in [2.24, 2.45) is 0 Å². The average Bonchev–Trinajstić information content (AvgIpc) is 2.82. The van der Waals surface area contributed by atoms with Crippen LogP contribution in [0.3, 0.4) is 0 Å². The third-order valence-electron chi connectivity index (χ3n) is 2.78. The molecule has 1 aromatic carbocycles. The van der Waals surface area contributed by atoms with Crippen molar-refractivity contribution in [1.29, 1.82) is 0 Å². The zero-order valence-electron chi connectivity index (χ0n) is 9.87. The summed E-state index contributed by atoms with van der Waals surface area (Å²) in [4.78, 5) is 3.99. The Labute approximate surface area is 101 Å². The van der Waals surface area contributed by atoms with Crippen molar-refractivity contribution in [3.05, 3.63) is 48.5 Å². The smallest absolute Gasteiger partial charge is 0.120 e. The minimum atomic E-state index is 0.139. The molecule has 1 heterocycles. The molecule has 2 N–H and O–H groups in total. The van der Waals surface area contributed by atoms with Crippen LogP contribution in [0.1, 0.15) is 18.5 Å². The van der Waals surface area contributed by atoms with Gasteiger partial charge in [-0.1, -0.05) is 18.2 Å². The van der Waals surface area contributed by atoms with Gasteiger partial charge in [-0.2, -0.15) is 0 Å². The number of aromatic nitrogens is 2. The van der Waals surface area contributed by atoms with Crippen molar-refractivity contribution in [1.82, 2.24) is 14.9 Å². The maximum atomic E-state index is 9.71. The molecular formula is C13H17N3O. The molecule has 0 bridgehead atoms. The average molecular weight is 231 g/mol. The fraction of sp³-hybridized carbons (Fsp3) is 0.308. The van der Waals surface area contributed by atoms with E-state index in [1.807, 2.05) is 35.9 Å².